The van der Waals surface area contributed by atoms with E-state index in [-0.39, 0.29) is 18.4 Å². The Balaban J connectivity index is 2.34. The van der Waals surface area contributed by atoms with Crippen molar-refractivity contribution in [3.63, 3.8) is 0 Å². The van der Waals surface area contributed by atoms with Gasteiger partial charge in [-0.15, -0.1) is 0 Å². The average Bonchev–Trinajstić information content (AvgIpc) is 2.34. The molecular weight excluding hydrogens is 218 g/mol. The molecule has 2 amide bonds. The molecule has 86 valence electrons. The van der Waals surface area contributed by atoms with Crippen molar-refractivity contribution < 1.29 is 9.59 Å². The molecule has 1 fully saturated rings. The zero-order valence-electron chi connectivity index (χ0n) is 9.30. The number of amides is 2. The fraction of sp³-hybridized carbons (Fsp3) is 0.250. The monoisotopic (exact) mass is 229 g/mol. The third-order valence-corrected chi connectivity index (χ3v) is 2.73. The lowest BCUT2D eigenvalue weighted by Crippen LogP contribution is -2.57. The molecule has 0 saturated carbocycles. The maximum absolute atomic E-state index is 11.5. The number of hydrogen-bond donors (Lipinski definition) is 1. The van der Waals surface area contributed by atoms with Crippen LogP contribution in [0.25, 0.3) is 0 Å². The first kappa shape index (κ1) is 11.1. The van der Waals surface area contributed by atoms with Crippen molar-refractivity contribution in [3.05, 3.63) is 29.8 Å². The van der Waals surface area contributed by atoms with Crippen LogP contribution >= 0.6 is 0 Å². The van der Waals surface area contributed by atoms with Gasteiger partial charge in [0, 0.05) is 5.69 Å². The molecule has 1 N–H and O–H groups in total. The van der Waals surface area contributed by atoms with E-state index >= 15 is 0 Å². The molecule has 0 spiro atoms. The standard InChI is InChI=1S/C12H11N3O2/c1-8-12(17)14-11(16)7-15(8)10-4-2-3-9(5-10)6-13/h2-5,8H,7H2,1H3,(H,14,16,17). The maximum Gasteiger partial charge on any atom is 0.249 e. The smallest absolute Gasteiger partial charge is 0.249 e. The molecule has 1 unspecified atom stereocenters. The fourth-order valence-corrected chi connectivity index (χ4v) is 1.78. The van der Waals surface area contributed by atoms with Gasteiger partial charge in [0.05, 0.1) is 18.2 Å². The number of piperazine rings is 1. The normalized spacial score (nSPS) is 19.8. The predicted molar refractivity (Wildman–Crippen MR) is 61.1 cm³/mol. The summed E-state index contributed by atoms with van der Waals surface area (Å²) in [6.07, 6.45) is 0. The van der Waals surface area contributed by atoms with Gasteiger partial charge in [-0.25, -0.2) is 0 Å². The molecule has 1 aromatic rings. The van der Waals surface area contributed by atoms with E-state index in [1.807, 2.05) is 6.07 Å². The first-order valence-corrected chi connectivity index (χ1v) is 5.22. The Morgan fingerprint density at radius 2 is 2.24 bits per heavy atom. The Morgan fingerprint density at radius 3 is 2.94 bits per heavy atom. The fourth-order valence-electron chi connectivity index (χ4n) is 1.78. The molecule has 0 radical (unpaired) electrons. The van der Waals surface area contributed by atoms with E-state index in [1.165, 1.54) is 0 Å². The Hall–Kier alpha value is -2.35. The zero-order valence-corrected chi connectivity index (χ0v) is 9.30. The van der Waals surface area contributed by atoms with Gasteiger partial charge in [0.2, 0.25) is 11.8 Å². The summed E-state index contributed by atoms with van der Waals surface area (Å²) in [5.41, 5.74) is 1.22. The van der Waals surface area contributed by atoms with E-state index in [0.29, 0.717) is 11.3 Å². The summed E-state index contributed by atoms with van der Waals surface area (Å²) in [6.45, 7) is 1.85. The molecule has 0 aliphatic carbocycles. The van der Waals surface area contributed by atoms with Crippen LogP contribution in [0.2, 0.25) is 0 Å². The number of hydrogen-bond acceptors (Lipinski definition) is 4. The van der Waals surface area contributed by atoms with Crippen LogP contribution in [0, 0.1) is 11.3 Å². The van der Waals surface area contributed by atoms with Crippen molar-refractivity contribution in [1.82, 2.24) is 5.32 Å². The highest BCUT2D eigenvalue weighted by molar-refractivity contribution is 6.04. The number of nitriles is 1. The summed E-state index contributed by atoms with van der Waals surface area (Å²) >= 11 is 0. The molecule has 1 heterocycles. The molecule has 2 rings (SSSR count). The van der Waals surface area contributed by atoms with Crippen LogP contribution in [0.4, 0.5) is 5.69 Å². The molecule has 17 heavy (non-hydrogen) atoms. The van der Waals surface area contributed by atoms with Crippen LogP contribution in [0.3, 0.4) is 0 Å². The van der Waals surface area contributed by atoms with Gasteiger partial charge in [-0.1, -0.05) is 6.07 Å². The molecule has 0 bridgehead atoms. The van der Waals surface area contributed by atoms with Crippen LogP contribution in [-0.4, -0.2) is 24.4 Å². The van der Waals surface area contributed by atoms with Crippen LogP contribution < -0.4 is 10.2 Å². The summed E-state index contributed by atoms with van der Waals surface area (Å²) in [4.78, 5) is 24.5. The summed E-state index contributed by atoms with van der Waals surface area (Å²) in [6, 6.07) is 8.48. The lowest BCUT2D eigenvalue weighted by Gasteiger charge is -2.33. The number of nitrogens with one attached hydrogen (secondary N) is 1. The number of benzene rings is 1. The lowest BCUT2D eigenvalue weighted by atomic mass is 10.1. The Morgan fingerprint density at radius 1 is 1.47 bits per heavy atom. The van der Waals surface area contributed by atoms with E-state index in [2.05, 4.69) is 5.32 Å². The first-order chi connectivity index (χ1) is 8.11. The predicted octanol–water partition coefficient (Wildman–Crippen LogP) is 0.410. The van der Waals surface area contributed by atoms with Gasteiger partial charge in [0.15, 0.2) is 0 Å². The van der Waals surface area contributed by atoms with Gasteiger partial charge in [-0.05, 0) is 25.1 Å². The van der Waals surface area contributed by atoms with Crippen molar-refractivity contribution in [1.29, 1.82) is 5.26 Å². The van der Waals surface area contributed by atoms with Crippen molar-refractivity contribution in [3.8, 4) is 6.07 Å². The Bertz CT molecular complexity index is 519. The second kappa shape index (κ2) is 4.26. The zero-order chi connectivity index (χ0) is 12.4. The Labute approximate surface area is 98.6 Å². The van der Waals surface area contributed by atoms with E-state index in [4.69, 9.17) is 5.26 Å². The summed E-state index contributed by atoms with van der Waals surface area (Å²) in [7, 11) is 0. The average molecular weight is 229 g/mol. The third-order valence-electron chi connectivity index (χ3n) is 2.73. The minimum absolute atomic E-state index is 0.127. The molecular formula is C12H11N3O2. The topological polar surface area (TPSA) is 73.2 Å². The van der Waals surface area contributed by atoms with Crippen LogP contribution in [0.5, 0.6) is 0 Å². The molecule has 1 aromatic carbocycles. The quantitative estimate of drug-likeness (QED) is 0.708. The van der Waals surface area contributed by atoms with Gasteiger partial charge in [-0.2, -0.15) is 5.26 Å². The molecule has 5 nitrogen and oxygen atoms in total. The minimum Gasteiger partial charge on any atom is -0.350 e. The van der Waals surface area contributed by atoms with Gasteiger partial charge >= 0.3 is 0 Å². The van der Waals surface area contributed by atoms with E-state index in [0.717, 1.165) is 0 Å². The minimum atomic E-state index is -0.415. The molecule has 1 atom stereocenters. The third kappa shape index (κ3) is 2.11. The van der Waals surface area contributed by atoms with Gasteiger partial charge < -0.3 is 4.90 Å². The summed E-state index contributed by atoms with van der Waals surface area (Å²) in [5.74, 6) is -0.640. The second-order valence-electron chi connectivity index (χ2n) is 3.88. The molecule has 1 saturated heterocycles. The van der Waals surface area contributed by atoms with Crippen LogP contribution in [-0.2, 0) is 9.59 Å². The molecule has 5 heteroatoms. The van der Waals surface area contributed by atoms with E-state index in [1.54, 1.807) is 36.1 Å². The number of rotatable bonds is 1. The lowest BCUT2D eigenvalue weighted by molar-refractivity contribution is -0.132. The van der Waals surface area contributed by atoms with Crippen LogP contribution in [0.15, 0.2) is 24.3 Å². The van der Waals surface area contributed by atoms with E-state index in [9.17, 15) is 9.59 Å². The highest BCUT2D eigenvalue weighted by Gasteiger charge is 2.30. The molecule has 1 aliphatic heterocycles. The number of nitrogens with zero attached hydrogens (tertiary/aromatic N) is 2. The molecule has 1 aliphatic rings. The van der Waals surface area contributed by atoms with Crippen molar-refractivity contribution in [2.75, 3.05) is 11.4 Å². The first-order valence-electron chi connectivity index (χ1n) is 5.22. The van der Waals surface area contributed by atoms with Gasteiger partial charge in [0.1, 0.15) is 6.04 Å². The van der Waals surface area contributed by atoms with Crippen molar-refractivity contribution >= 4 is 17.5 Å². The SMILES string of the molecule is CC1C(=O)NC(=O)CN1c1cccc(C#N)c1. The summed E-state index contributed by atoms with van der Waals surface area (Å²) < 4.78 is 0. The number of anilines is 1. The highest BCUT2D eigenvalue weighted by Crippen LogP contribution is 2.20. The second-order valence-corrected chi connectivity index (χ2v) is 3.88. The molecule has 0 aromatic heterocycles. The highest BCUT2D eigenvalue weighted by atomic mass is 16.2. The van der Waals surface area contributed by atoms with Gasteiger partial charge in [0.25, 0.3) is 0 Å². The summed E-state index contributed by atoms with van der Waals surface area (Å²) in [5, 5.41) is 11.1. The number of carbonyl (C=O) groups excluding carboxylic acids is 2. The number of carbonyl (C=O) groups is 2. The Kier molecular flexibility index (Phi) is 2.79. The number of imide groups is 1. The van der Waals surface area contributed by atoms with E-state index < -0.39 is 6.04 Å². The van der Waals surface area contributed by atoms with Crippen LogP contribution in [0.1, 0.15) is 12.5 Å². The van der Waals surface area contributed by atoms with Crippen molar-refractivity contribution in [2.45, 2.75) is 13.0 Å². The van der Waals surface area contributed by atoms with Crippen molar-refractivity contribution in [2.24, 2.45) is 0 Å². The van der Waals surface area contributed by atoms with Gasteiger partial charge in [-0.3, -0.25) is 14.9 Å². The largest absolute Gasteiger partial charge is 0.350 e. The maximum atomic E-state index is 11.5.